The minimum absolute atomic E-state index is 0.479. The molecule has 106 valence electrons. The van der Waals surface area contributed by atoms with Gasteiger partial charge in [0, 0.05) is 6.04 Å². The highest BCUT2D eigenvalue weighted by Gasteiger charge is 2.03. The molecule has 0 heterocycles. The van der Waals surface area contributed by atoms with Gasteiger partial charge in [0.15, 0.2) is 0 Å². The molecule has 0 aromatic heterocycles. The van der Waals surface area contributed by atoms with Crippen LogP contribution in [-0.4, -0.2) is 19.7 Å². The van der Waals surface area contributed by atoms with Gasteiger partial charge < -0.3 is 10.1 Å². The summed E-state index contributed by atoms with van der Waals surface area (Å²) < 4.78 is 5.17. The molecule has 0 aliphatic rings. The molecule has 1 atom stereocenters. The largest absolute Gasteiger partial charge is 0.497 e. The highest BCUT2D eigenvalue weighted by atomic mass is 16.5. The molecule has 2 heteroatoms. The predicted octanol–water partition coefficient (Wildman–Crippen LogP) is 3.46. The third kappa shape index (κ3) is 4.71. The van der Waals surface area contributed by atoms with Crippen LogP contribution in [0.2, 0.25) is 0 Å². The molecule has 0 bridgehead atoms. The lowest BCUT2D eigenvalue weighted by atomic mass is 10.1. The van der Waals surface area contributed by atoms with E-state index in [9.17, 15) is 0 Å². The summed E-state index contributed by atoms with van der Waals surface area (Å²) in [6.45, 7) is 3.25. The molecular formula is C18H23NO. The van der Waals surface area contributed by atoms with Gasteiger partial charge in [0.25, 0.3) is 0 Å². The Hall–Kier alpha value is -1.80. The van der Waals surface area contributed by atoms with Crippen LogP contribution in [0.3, 0.4) is 0 Å². The topological polar surface area (TPSA) is 21.3 Å². The fourth-order valence-corrected chi connectivity index (χ4v) is 2.29. The summed E-state index contributed by atoms with van der Waals surface area (Å²) in [6.07, 6.45) is 2.12. The first-order valence-corrected chi connectivity index (χ1v) is 7.18. The van der Waals surface area contributed by atoms with Gasteiger partial charge in [-0.25, -0.2) is 0 Å². The third-order valence-electron chi connectivity index (χ3n) is 3.45. The monoisotopic (exact) mass is 269 g/mol. The van der Waals surface area contributed by atoms with Crippen LogP contribution in [-0.2, 0) is 12.8 Å². The molecule has 2 rings (SSSR count). The molecule has 2 aromatic carbocycles. The Morgan fingerprint density at radius 2 is 1.65 bits per heavy atom. The molecule has 0 saturated heterocycles. The third-order valence-corrected chi connectivity index (χ3v) is 3.45. The molecule has 0 amide bonds. The van der Waals surface area contributed by atoms with Gasteiger partial charge in [0.05, 0.1) is 7.11 Å². The SMILES string of the molecule is COc1ccc(C[C@@H](C)NCCc2ccccc2)cc1. The van der Waals surface area contributed by atoms with Gasteiger partial charge in [-0.15, -0.1) is 0 Å². The number of rotatable bonds is 7. The van der Waals surface area contributed by atoms with Gasteiger partial charge >= 0.3 is 0 Å². The zero-order chi connectivity index (χ0) is 14.2. The van der Waals surface area contributed by atoms with E-state index >= 15 is 0 Å². The van der Waals surface area contributed by atoms with Crippen LogP contribution in [0.25, 0.3) is 0 Å². The summed E-state index contributed by atoms with van der Waals surface area (Å²) in [5.41, 5.74) is 2.72. The Kier molecular flexibility index (Phi) is 5.63. The maximum Gasteiger partial charge on any atom is 0.118 e. The van der Waals surface area contributed by atoms with Gasteiger partial charge in [0.2, 0.25) is 0 Å². The first-order valence-electron chi connectivity index (χ1n) is 7.18. The second-order valence-electron chi connectivity index (χ2n) is 5.14. The summed E-state index contributed by atoms with van der Waals surface area (Å²) in [7, 11) is 1.70. The molecular weight excluding hydrogens is 246 g/mol. The summed E-state index contributed by atoms with van der Waals surface area (Å²) in [4.78, 5) is 0. The molecule has 2 aromatic rings. The quantitative estimate of drug-likeness (QED) is 0.831. The molecule has 2 nitrogen and oxygen atoms in total. The lowest BCUT2D eigenvalue weighted by Crippen LogP contribution is -2.29. The fraction of sp³-hybridized carbons (Fsp3) is 0.333. The van der Waals surface area contributed by atoms with Crippen molar-refractivity contribution in [2.24, 2.45) is 0 Å². The van der Waals surface area contributed by atoms with Crippen molar-refractivity contribution in [2.45, 2.75) is 25.8 Å². The van der Waals surface area contributed by atoms with Crippen LogP contribution in [0.15, 0.2) is 54.6 Å². The summed E-state index contributed by atoms with van der Waals surface area (Å²) in [5.74, 6) is 0.915. The Labute approximate surface area is 121 Å². The Morgan fingerprint density at radius 3 is 2.30 bits per heavy atom. The van der Waals surface area contributed by atoms with E-state index in [0.29, 0.717) is 6.04 Å². The molecule has 0 aliphatic heterocycles. The van der Waals surface area contributed by atoms with E-state index in [0.717, 1.165) is 25.1 Å². The van der Waals surface area contributed by atoms with Crippen LogP contribution in [0, 0.1) is 0 Å². The number of methoxy groups -OCH3 is 1. The smallest absolute Gasteiger partial charge is 0.118 e. The number of hydrogen-bond acceptors (Lipinski definition) is 2. The van der Waals surface area contributed by atoms with Gasteiger partial charge in [-0.3, -0.25) is 0 Å². The fourth-order valence-electron chi connectivity index (χ4n) is 2.29. The van der Waals surface area contributed by atoms with Crippen molar-refractivity contribution in [1.82, 2.24) is 5.32 Å². The van der Waals surface area contributed by atoms with Crippen molar-refractivity contribution >= 4 is 0 Å². The van der Waals surface area contributed by atoms with E-state index in [1.807, 2.05) is 12.1 Å². The summed E-state index contributed by atoms with van der Waals surface area (Å²) in [5, 5.41) is 3.58. The molecule has 1 N–H and O–H groups in total. The van der Waals surface area contributed by atoms with Crippen LogP contribution >= 0.6 is 0 Å². The zero-order valence-corrected chi connectivity index (χ0v) is 12.3. The summed E-state index contributed by atoms with van der Waals surface area (Å²) in [6, 6.07) is 19.4. The Balaban J connectivity index is 1.73. The van der Waals surface area contributed by atoms with Crippen molar-refractivity contribution in [3.05, 3.63) is 65.7 Å². The zero-order valence-electron chi connectivity index (χ0n) is 12.3. The van der Waals surface area contributed by atoms with Crippen LogP contribution in [0.4, 0.5) is 0 Å². The van der Waals surface area contributed by atoms with Crippen molar-refractivity contribution in [1.29, 1.82) is 0 Å². The van der Waals surface area contributed by atoms with E-state index < -0.39 is 0 Å². The Bertz CT molecular complexity index is 493. The number of hydrogen-bond donors (Lipinski definition) is 1. The normalized spacial score (nSPS) is 12.1. The van der Waals surface area contributed by atoms with Gasteiger partial charge in [-0.2, -0.15) is 0 Å². The van der Waals surface area contributed by atoms with Gasteiger partial charge in [-0.05, 0) is 49.6 Å². The Morgan fingerprint density at radius 1 is 0.950 bits per heavy atom. The van der Waals surface area contributed by atoms with Crippen molar-refractivity contribution in [3.63, 3.8) is 0 Å². The maximum atomic E-state index is 5.17. The highest BCUT2D eigenvalue weighted by molar-refractivity contribution is 5.27. The second-order valence-corrected chi connectivity index (χ2v) is 5.14. The van der Waals surface area contributed by atoms with Gasteiger partial charge in [0.1, 0.15) is 5.75 Å². The van der Waals surface area contributed by atoms with E-state index in [1.54, 1.807) is 7.11 Å². The van der Waals surface area contributed by atoms with Crippen molar-refractivity contribution < 1.29 is 4.74 Å². The highest BCUT2D eigenvalue weighted by Crippen LogP contribution is 2.12. The van der Waals surface area contributed by atoms with E-state index in [4.69, 9.17) is 4.74 Å². The predicted molar refractivity (Wildman–Crippen MR) is 84.3 cm³/mol. The van der Waals surface area contributed by atoms with Crippen LogP contribution in [0.1, 0.15) is 18.1 Å². The first-order chi connectivity index (χ1) is 9.78. The molecule has 0 radical (unpaired) electrons. The average molecular weight is 269 g/mol. The average Bonchev–Trinajstić information content (AvgIpc) is 2.49. The van der Waals surface area contributed by atoms with E-state index in [1.165, 1.54) is 11.1 Å². The first kappa shape index (κ1) is 14.6. The molecule has 0 saturated carbocycles. The number of ether oxygens (including phenoxy) is 1. The maximum absolute atomic E-state index is 5.17. The van der Waals surface area contributed by atoms with Crippen LogP contribution in [0.5, 0.6) is 5.75 Å². The minimum atomic E-state index is 0.479. The lowest BCUT2D eigenvalue weighted by molar-refractivity contribution is 0.414. The standard InChI is InChI=1S/C18H23NO/c1-15(14-17-8-10-18(20-2)11-9-17)19-13-12-16-6-4-3-5-7-16/h3-11,15,19H,12-14H2,1-2H3/t15-/m1/s1. The number of nitrogens with one attached hydrogen (secondary N) is 1. The lowest BCUT2D eigenvalue weighted by Gasteiger charge is -2.14. The minimum Gasteiger partial charge on any atom is -0.497 e. The summed E-state index contributed by atoms with van der Waals surface area (Å²) >= 11 is 0. The second kappa shape index (κ2) is 7.71. The van der Waals surface area contributed by atoms with Gasteiger partial charge in [-0.1, -0.05) is 42.5 Å². The number of benzene rings is 2. The van der Waals surface area contributed by atoms with E-state index in [-0.39, 0.29) is 0 Å². The van der Waals surface area contributed by atoms with Crippen molar-refractivity contribution in [2.75, 3.05) is 13.7 Å². The van der Waals surface area contributed by atoms with E-state index in [2.05, 4.69) is 54.7 Å². The van der Waals surface area contributed by atoms with Crippen LogP contribution < -0.4 is 10.1 Å². The molecule has 0 fully saturated rings. The molecule has 0 spiro atoms. The van der Waals surface area contributed by atoms with Crippen molar-refractivity contribution in [3.8, 4) is 5.75 Å². The molecule has 0 unspecified atom stereocenters. The molecule has 0 aliphatic carbocycles. The molecule has 20 heavy (non-hydrogen) atoms.